The van der Waals surface area contributed by atoms with Gasteiger partial charge in [-0.1, -0.05) is 0 Å². The lowest BCUT2D eigenvalue weighted by molar-refractivity contribution is -0.286. The van der Waals surface area contributed by atoms with Crippen molar-refractivity contribution in [3.63, 3.8) is 0 Å². The van der Waals surface area contributed by atoms with Crippen LogP contribution in [0.15, 0.2) is 30.5 Å². The van der Waals surface area contributed by atoms with E-state index in [9.17, 15) is 13.6 Å². The fourth-order valence-corrected chi connectivity index (χ4v) is 4.18. The number of alkyl halides is 2. The van der Waals surface area contributed by atoms with Gasteiger partial charge in [0.1, 0.15) is 11.5 Å². The number of rotatable bonds is 3. The number of amides is 1. The van der Waals surface area contributed by atoms with Crippen molar-refractivity contribution in [2.75, 3.05) is 5.32 Å². The van der Waals surface area contributed by atoms with Crippen molar-refractivity contribution in [2.24, 2.45) is 7.05 Å². The summed E-state index contributed by atoms with van der Waals surface area (Å²) >= 11 is 0. The fourth-order valence-electron chi connectivity index (χ4n) is 4.18. The lowest BCUT2D eigenvalue weighted by Crippen LogP contribution is -2.25. The van der Waals surface area contributed by atoms with Crippen molar-refractivity contribution in [3.05, 3.63) is 53.0 Å². The Balaban J connectivity index is 1.37. The van der Waals surface area contributed by atoms with Gasteiger partial charge in [0.05, 0.1) is 5.69 Å². The highest BCUT2D eigenvalue weighted by Gasteiger charge is 2.43. The quantitative estimate of drug-likeness (QED) is 0.678. The van der Waals surface area contributed by atoms with Gasteiger partial charge in [-0.05, 0) is 68.0 Å². The predicted molar refractivity (Wildman–Crippen MR) is 108 cm³/mol. The molecule has 0 radical (unpaired) electrons. The Bertz CT molecular complexity index is 1190. The van der Waals surface area contributed by atoms with Gasteiger partial charge in [0.15, 0.2) is 11.5 Å². The van der Waals surface area contributed by atoms with Gasteiger partial charge in [-0.2, -0.15) is 5.10 Å². The van der Waals surface area contributed by atoms with Crippen molar-refractivity contribution < 1.29 is 23.0 Å². The number of hydrogen-bond acceptors (Lipinski definition) is 5. The molecule has 0 fully saturated rings. The lowest BCUT2D eigenvalue weighted by atomic mass is 9.95. The van der Waals surface area contributed by atoms with E-state index in [0.29, 0.717) is 22.6 Å². The number of anilines is 1. The number of halogens is 2. The topological polar surface area (TPSA) is 78.3 Å². The summed E-state index contributed by atoms with van der Waals surface area (Å²) in [6.45, 7) is 1.79. The van der Waals surface area contributed by atoms with Gasteiger partial charge in [-0.15, -0.1) is 8.78 Å². The fraction of sp³-hybridized carbons (Fsp3) is 0.318. The Labute approximate surface area is 177 Å². The van der Waals surface area contributed by atoms with Crippen molar-refractivity contribution in [2.45, 2.75) is 38.9 Å². The molecule has 0 saturated heterocycles. The molecule has 0 atom stereocenters. The average Bonchev–Trinajstić information content (AvgIpc) is 3.21. The van der Waals surface area contributed by atoms with Gasteiger partial charge in [0.25, 0.3) is 5.91 Å². The number of hydrogen-bond donors (Lipinski definition) is 1. The number of carbonyl (C=O) groups excluding carboxylic acids is 1. The summed E-state index contributed by atoms with van der Waals surface area (Å²) in [6.07, 6.45) is 1.80. The smallest absolute Gasteiger partial charge is 0.395 e. The van der Waals surface area contributed by atoms with Crippen LogP contribution in [0.5, 0.6) is 11.5 Å². The molecule has 1 aliphatic heterocycles. The number of carbonyl (C=O) groups is 1. The molecule has 1 aliphatic carbocycles. The van der Waals surface area contributed by atoms with Crippen LogP contribution in [-0.4, -0.2) is 27.0 Å². The zero-order valence-corrected chi connectivity index (χ0v) is 17.0. The van der Waals surface area contributed by atoms with E-state index in [-0.39, 0.29) is 17.4 Å². The number of nitrogens with zero attached hydrogens (tertiary/aromatic N) is 3. The second kappa shape index (κ2) is 7.04. The van der Waals surface area contributed by atoms with Crippen LogP contribution in [0.25, 0.3) is 11.1 Å². The van der Waals surface area contributed by atoms with Gasteiger partial charge in [0.2, 0.25) is 0 Å². The Kier molecular flexibility index (Phi) is 4.42. The highest BCUT2D eigenvalue weighted by molar-refractivity contribution is 6.03. The molecule has 0 unspecified atom stereocenters. The Morgan fingerprint density at radius 2 is 1.90 bits per heavy atom. The zero-order valence-electron chi connectivity index (χ0n) is 17.0. The minimum absolute atomic E-state index is 0.00241. The largest absolute Gasteiger partial charge is 0.586 e. The third-order valence-electron chi connectivity index (χ3n) is 5.60. The van der Waals surface area contributed by atoms with Crippen molar-refractivity contribution in [1.29, 1.82) is 0 Å². The molecular formula is C22H20F2N4O3. The predicted octanol–water partition coefficient (Wildman–Crippen LogP) is 4.24. The van der Waals surface area contributed by atoms with Crippen molar-refractivity contribution >= 4 is 11.7 Å². The zero-order chi connectivity index (χ0) is 21.8. The molecule has 7 nitrogen and oxygen atoms in total. The third-order valence-corrected chi connectivity index (χ3v) is 5.60. The summed E-state index contributed by atoms with van der Waals surface area (Å²) in [6, 6.07) is 6.45. The lowest BCUT2D eigenvalue weighted by Gasteiger charge is -2.12. The van der Waals surface area contributed by atoms with Crippen molar-refractivity contribution in [3.8, 4) is 22.6 Å². The SMILES string of the molecule is Cc1cc2c(cc1-c1ccc(NC(=O)c3c4c(nn3C)CCCC4)nc1)OC(F)(F)O2. The molecule has 0 bridgehead atoms. The Morgan fingerprint density at radius 1 is 1.16 bits per heavy atom. The van der Waals surface area contributed by atoms with Crippen LogP contribution >= 0.6 is 0 Å². The summed E-state index contributed by atoms with van der Waals surface area (Å²) in [4.78, 5) is 17.2. The molecule has 0 spiro atoms. The number of nitrogens with one attached hydrogen (secondary N) is 1. The summed E-state index contributed by atoms with van der Waals surface area (Å²) in [5.41, 5.74) is 4.69. The molecule has 5 rings (SSSR count). The molecule has 2 aliphatic rings. The van der Waals surface area contributed by atoms with Crippen LogP contribution in [-0.2, 0) is 19.9 Å². The first-order valence-corrected chi connectivity index (χ1v) is 10.0. The Morgan fingerprint density at radius 3 is 2.65 bits per heavy atom. The van der Waals surface area contributed by atoms with E-state index in [2.05, 4.69) is 24.9 Å². The number of aryl methyl sites for hydroxylation is 3. The molecule has 1 amide bonds. The monoisotopic (exact) mass is 426 g/mol. The highest BCUT2D eigenvalue weighted by Crippen LogP contribution is 2.44. The van der Waals surface area contributed by atoms with E-state index >= 15 is 0 Å². The first kappa shape index (κ1) is 19.5. The second-order valence-corrected chi connectivity index (χ2v) is 7.77. The Hall–Kier alpha value is -3.49. The number of benzene rings is 1. The molecule has 2 aromatic heterocycles. The van der Waals surface area contributed by atoms with E-state index in [1.807, 2.05) is 0 Å². The maximum atomic E-state index is 13.3. The van der Waals surface area contributed by atoms with E-state index in [1.165, 1.54) is 12.1 Å². The minimum Gasteiger partial charge on any atom is -0.395 e. The van der Waals surface area contributed by atoms with Gasteiger partial charge in [-0.3, -0.25) is 9.48 Å². The minimum atomic E-state index is -3.66. The number of fused-ring (bicyclic) bond motifs is 2. The first-order valence-electron chi connectivity index (χ1n) is 10.0. The number of ether oxygens (including phenoxy) is 2. The van der Waals surface area contributed by atoms with Crippen LogP contribution < -0.4 is 14.8 Å². The first-order chi connectivity index (χ1) is 14.8. The van der Waals surface area contributed by atoms with E-state index in [4.69, 9.17) is 0 Å². The van der Waals surface area contributed by atoms with Crippen LogP contribution in [0.4, 0.5) is 14.6 Å². The van der Waals surface area contributed by atoms with Crippen LogP contribution in [0.2, 0.25) is 0 Å². The van der Waals surface area contributed by atoms with Gasteiger partial charge >= 0.3 is 6.29 Å². The molecule has 9 heteroatoms. The molecule has 3 heterocycles. The molecule has 1 aromatic carbocycles. The van der Waals surface area contributed by atoms with E-state index in [1.54, 1.807) is 37.0 Å². The summed E-state index contributed by atoms with van der Waals surface area (Å²) in [7, 11) is 1.77. The number of pyridine rings is 1. The molecular weight excluding hydrogens is 406 g/mol. The third kappa shape index (κ3) is 3.49. The van der Waals surface area contributed by atoms with Crippen LogP contribution in [0.3, 0.4) is 0 Å². The molecule has 160 valence electrons. The van der Waals surface area contributed by atoms with Gasteiger partial charge in [-0.25, -0.2) is 4.98 Å². The average molecular weight is 426 g/mol. The maximum Gasteiger partial charge on any atom is 0.586 e. The summed E-state index contributed by atoms with van der Waals surface area (Å²) < 4.78 is 37.3. The highest BCUT2D eigenvalue weighted by atomic mass is 19.3. The summed E-state index contributed by atoms with van der Waals surface area (Å²) in [5.74, 6) is 0.121. The van der Waals surface area contributed by atoms with Crippen LogP contribution in [0, 0.1) is 6.92 Å². The van der Waals surface area contributed by atoms with Crippen LogP contribution in [0.1, 0.15) is 40.2 Å². The molecule has 1 N–H and O–H groups in total. The van der Waals surface area contributed by atoms with Gasteiger partial charge in [0, 0.05) is 24.4 Å². The molecule has 0 saturated carbocycles. The molecule has 3 aromatic rings. The number of aromatic nitrogens is 3. The van der Waals surface area contributed by atoms with Gasteiger partial charge < -0.3 is 14.8 Å². The second-order valence-electron chi connectivity index (χ2n) is 7.77. The van der Waals surface area contributed by atoms with E-state index < -0.39 is 6.29 Å². The standard InChI is InChI=1S/C22H20F2N4O3/c1-12-9-17-18(31-22(23,24)30-17)10-15(12)13-7-8-19(25-11-13)26-21(29)20-14-5-3-4-6-16(14)27-28(20)2/h7-11H,3-6H2,1-2H3,(H,25,26,29). The van der Waals surface area contributed by atoms with Crippen molar-refractivity contribution in [1.82, 2.24) is 14.8 Å². The molecule has 31 heavy (non-hydrogen) atoms. The summed E-state index contributed by atoms with van der Waals surface area (Å²) in [5, 5.41) is 7.30. The maximum absolute atomic E-state index is 13.3. The van der Waals surface area contributed by atoms with E-state index in [0.717, 1.165) is 42.5 Å². The normalized spacial score (nSPS) is 16.1.